The van der Waals surface area contributed by atoms with E-state index < -0.39 is 5.91 Å². The molecule has 5 nitrogen and oxygen atoms in total. The van der Waals surface area contributed by atoms with Gasteiger partial charge >= 0.3 is 0 Å². The van der Waals surface area contributed by atoms with E-state index in [9.17, 15) is 9.59 Å². The molecule has 0 spiro atoms. The molecular weight excluding hydrogens is 313 g/mol. The molecule has 0 aliphatic heterocycles. The van der Waals surface area contributed by atoms with Crippen LogP contribution in [0.2, 0.25) is 10.0 Å². The Kier molecular flexibility index (Phi) is 4.35. The Hall–Kier alpha value is -2.24. The van der Waals surface area contributed by atoms with Crippen molar-refractivity contribution >= 4 is 46.4 Å². The van der Waals surface area contributed by atoms with Crippen molar-refractivity contribution in [2.24, 2.45) is 5.73 Å². The molecule has 2 aromatic rings. The molecule has 0 radical (unpaired) electrons. The number of halogens is 2. The number of carbonyl (C=O) groups excluding carboxylic acids is 2. The quantitative estimate of drug-likeness (QED) is 0.757. The first kappa shape index (κ1) is 15.2. The first-order chi connectivity index (χ1) is 9.88. The van der Waals surface area contributed by atoms with Crippen molar-refractivity contribution in [3.8, 4) is 0 Å². The van der Waals surface area contributed by atoms with Gasteiger partial charge in [-0.05, 0) is 36.4 Å². The summed E-state index contributed by atoms with van der Waals surface area (Å²) in [5.74, 6) is -1.01. The highest BCUT2D eigenvalue weighted by molar-refractivity contribution is 6.34. The zero-order chi connectivity index (χ0) is 15.6. The summed E-state index contributed by atoms with van der Waals surface area (Å²) in [6, 6.07) is 8.97. The molecule has 0 aliphatic rings. The van der Waals surface area contributed by atoms with E-state index in [1.165, 1.54) is 30.3 Å². The average Bonchev–Trinajstić information content (AvgIpc) is 2.41. The summed E-state index contributed by atoms with van der Waals surface area (Å²) in [6.45, 7) is 0. The van der Waals surface area contributed by atoms with Gasteiger partial charge in [0, 0.05) is 11.3 Å². The number of anilines is 2. The van der Waals surface area contributed by atoms with E-state index in [2.05, 4.69) is 5.32 Å². The third-order valence-corrected chi connectivity index (χ3v) is 3.41. The van der Waals surface area contributed by atoms with E-state index in [1.807, 2.05) is 0 Å². The monoisotopic (exact) mass is 323 g/mol. The number of nitrogen functional groups attached to an aromatic ring is 1. The van der Waals surface area contributed by atoms with E-state index in [0.717, 1.165) is 0 Å². The maximum atomic E-state index is 12.1. The van der Waals surface area contributed by atoms with Gasteiger partial charge in [-0.2, -0.15) is 0 Å². The zero-order valence-corrected chi connectivity index (χ0v) is 12.2. The fraction of sp³-hybridized carbons (Fsp3) is 0. The summed E-state index contributed by atoms with van der Waals surface area (Å²) in [4.78, 5) is 23.1. The lowest BCUT2D eigenvalue weighted by atomic mass is 10.1. The highest BCUT2D eigenvalue weighted by atomic mass is 35.5. The highest BCUT2D eigenvalue weighted by Gasteiger charge is 2.11. The van der Waals surface area contributed by atoms with Gasteiger partial charge in [0.1, 0.15) is 0 Å². The van der Waals surface area contributed by atoms with E-state index in [0.29, 0.717) is 22.0 Å². The number of hydrogen-bond acceptors (Lipinski definition) is 3. The topological polar surface area (TPSA) is 98.2 Å². The lowest BCUT2D eigenvalue weighted by Gasteiger charge is -2.08. The van der Waals surface area contributed by atoms with Crippen molar-refractivity contribution in [2.75, 3.05) is 11.1 Å². The first-order valence-corrected chi connectivity index (χ1v) is 6.60. The van der Waals surface area contributed by atoms with Crippen molar-refractivity contribution in [1.29, 1.82) is 0 Å². The first-order valence-electron chi connectivity index (χ1n) is 5.84. The van der Waals surface area contributed by atoms with Gasteiger partial charge < -0.3 is 16.8 Å². The number of amides is 2. The molecule has 0 aliphatic carbocycles. The van der Waals surface area contributed by atoms with Crippen molar-refractivity contribution < 1.29 is 9.59 Å². The third-order valence-electron chi connectivity index (χ3n) is 2.75. The fourth-order valence-corrected chi connectivity index (χ4v) is 2.07. The molecule has 0 heterocycles. The fourth-order valence-electron chi connectivity index (χ4n) is 1.68. The average molecular weight is 324 g/mol. The molecule has 7 heteroatoms. The normalized spacial score (nSPS) is 10.2. The summed E-state index contributed by atoms with van der Waals surface area (Å²) >= 11 is 11.7. The van der Waals surface area contributed by atoms with Crippen LogP contribution in [0.25, 0.3) is 0 Å². The van der Waals surface area contributed by atoms with Gasteiger partial charge in [0.15, 0.2) is 0 Å². The maximum Gasteiger partial charge on any atom is 0.255 e. The number of rotatable bonds is 3. The van der Waals surface area contributed by atoms with Crippen LogP contribution >= 0.6 is 23.2 Å². The van der Waals surface area contributed by atoms with Gasteiger partial charge in [0.2, 0.25) is 5.91 Å². The highest BCUT2D eigenvalue weighted by Crippen LogP contribution is 2.23. The molecular formula is C14H11Cl2N3O2. The van der Waals surface area contributed by atoms with Crippen LogP contribution in [0.4, 0.5) is 11.4 Å². The molecule has 0 aromatic heterocycles. The molecule has 108 valence electrons. The SMILES string of the molecule is NC(=O)c1ccc(NC(=O)c2ccc(Cl)c(N)c2)cc1Cl. The number of primary amides is 1. The van der Waals surface area contributed by atoms with E-state index in [1.54, 1.807) is 6.07 Å². The second-order valence-corrected chi connectivity index (χ2v) is 5.06. The zero-order valence-electron chi connectivity index (χ0n) is 10.7. The van der Waals surface area contributed by atoms with E-state index in [4.69, 9.17) is 34.7 Å². The number of nitrogens with two attached hydrogens (primary N) is 2. The molecule has 0 saturated carbocycles. The Morgan fingerprint density at radius 1 is 1.00 bits per heavy atom. The predicted octanol–water partition coefficient (Wildman–Crippen LogP) is 2.93. The summed E-state index contributed by atoms with van der Waals surface area (Å²) in [5, 5.41) is 3.18. The van der Waals surface area contributed by atoms with Gasteiger partial charge in [0.25, 0.3) is 5.91 Å². The van der Waals surface area contributed by atoms with Gasteiger partial charge in [-0.1, -0.05) is 23.2 Å². The van der Waals surface area contributed by atoms with Gasteiger partial charge in [-0.3, -0.25) is 9.59 Å². The van der Waals surface area contributed by atoms with Crippen LogP contribution in [0.15, 0.2) is 36.4 Å². The minimum absolute atomic E-state index is 0.163. The van der Waals surface area contributed by atoms with E-state index >= 15 is 0 Å². The predicted molar refractivity (Wildman–Crippen MR) is 83.8 cm³/mol. The lowest BCUT2D eigenvalue weighted by Crippen LogP contribution is -2.14. The van der Waals surface area contributed by atoms with Gasteiger partial charge in [0.05, 0.1) is 21.3 Å². The molecule has 0 bridgehead atoms. The Morgan fingerprint density at radius 2 is 1.71 bits per heavy atom. The minimum Gasteiger partial charge on any atom is -0.398 e. The second kappa shape index (κ2) is 6.03. The molecule has 2 amide bonds. The summed E-state index contributed by atoms with van der Waals surface area (Å²) in [7, 11) is 0. The summed E-state index contributed by atoms with van der Waals surface area (Å²) in [5.41, 5.74) is 12.1. The van der Waals surface area contributed by atoms with Crippen LogP contribution < -0.4 is 16.8 Å². The molecule has 0 unspecified atom stereocenters. The molecule has 5 N–H and O–H groups in total. The van der Waals surface area contributed by atoms with Crippen LogP contribution in [0, 0.1) is 0 Å². The Bertz CT molecular complexity index is 732. The summed E-state index contributed by atoms with van der Waals surface area (Å²) < 4.78 is 0. The summed E-state index contributed by atoms with van der Waals surface area (Å²) in [6.07, 6.45) is 0. The number of carbonyl (C=O) groups is 2. The van der Waals surface area contributed by atoms with Crippen molar-refractivity contribution in [2.45, 2.75) is 0 Å². The maximum absolute atomic E-state index is 12.1. The van der Waals surface area contributed by atoms with E-state index in [-0.39, 0.29) is 16.5 Å². The van der Waals surface area contributed by atoms with Crippen molar-refractivity contribution in [1.82, 2.24) is 0 Å². The van der Waals surface area contributed by atoms with Gasteiger partial charge in [-0.25, -0.2) is 0 Å². The number of benzene rings is 2. The molecule has 0 atom stereocenters. The van der Waals surface area contributed by atoms with Crippen LogP contribution in [0.1, 0.15) is 20.7 Å². The molecule has 0 fully saturated rings. The largest absolute Gasteiger partial charge is 0.398 e. The van der Waals surface area contributed by atoms with Crippen LogP contribution in [0.5, 0.6) is 0 Å². The minimum atomic E-state index is -0.636. The molecule has 2 aromatic carbocycles. The number of nitrogens with one attached hydrogen (secondary N) is 1. The number of hydrogen-bond donors (Lipinski definition) is 3. The Balaban J connectivity index is 2.21. The second-order valence-electron chi connectivity index (χ2n) is 4.25. The molecule has 0 saturated heterocycles. The van der Waals surface area contributed by atoms with Crippen LogP contribution in [-0.2, 0) is 0 Å². The van der Waals surface area contributed by atoms with Crippen LogP contribution in [-0.4, -0.2) is 11.8 Å². The van der Waals surface area contributed by atoms with Gasteiger partial charge in [-0.15, -0.1) is 0 Å². The van der Waals surface area contributed by atoms with Crippen molar-refractivity contribution in [3.05, 3.63) is 57.6 Å². The van der Waals surface area contributed by atoms with Crippen LogP contribution in [0.3, 0.4) is 0 Å². The third kappa shape index (κ3) is 3.45. The smallest absolute Gasteiger partial charge is 0.255 e. The molecule has 21 heavy (non-hydrogen) atoms. The Morgan fingerprint density at radius 3 is 2.29 bits per heavy atom. The standard InChI is InChI=1S/C14H11Cl2N3O2/c15-10-4-1-7(5-12(10)17)14(21)19-8-2-3-9(13(18)20)11(16)6-8/h1-6H,17H2,(H2,18,20)(H,19,21). The van der Waals surface area contributed by atoms with Crippen molar-refractivity contribution in [3.63, 3.8) is 0 Å². The molecule has 2 rings (SSSR count). The lowest BCUT2D eigenvalue weighted by molar-refractivity contribution is 0.0998. The Labute approximate surface area is 130 Å².